The number of benzene rings is 2. The summed E-state index contributed by atoms with van der Waals surface area (Å²) in [6, 6.07) is 20.4. The lowest BCUT2D eigenvalue weighted by Crippen LogP contribution is -2.07. The van der Waals surface area contributed by atoms with Crippen molar-refractivity contribution < 1.29 is 4.39 Å². The third-order valence-corrected chi connectivity index (χ3v) is 5.08. The summed E-state index contributed by atoms with van der Waals surface area (Å²) in [7, 11) is 0. The molecule has 0 aliphatic rings. The van der Waals surface area contributed by atoms with Gasteiger partial charge in [-0.3, -0.25) is 9.97 Å². The maximum absolute atomic E-state index is 14.0. The molecule has 2 aromatic heterocycles. The van der Waals surface area contributed by atoms with E-state index in [9.17, 15) is 4.39 Å². The molecule has 0 radical (unpaired) electrons. The molecule has 0 bridgehead atoms. The molecule has 138 valence electrons. The fraction of sp³-hybridized carbons (Fsp3) is 0.0833. The van der Waals surface area contributed by atoms with Gasteiger partial charge in [-0.1, -0.05) is 41.9 Å². The van der Waals surface area contributed by atoms with Gasteiger partial charge in [-0.25, -0.2) is 4.39 Å². The Hall–Kier alpha value is -3.04. The Morgan fingerprint density at radius 2 is 1.46 bits per heavy atom. The zero-order valence-electron chi connectivity index (χ0n) is 15.1. The van der Waals surface area contributed by atoms with Crippen LogP contribution < -0.4 is 0 Å². The summed E-state index contributed by atoms with van der Waals surface area (Å²) in [6.45, 7) is 0. The predicted octanol–water partition coefficient (Wildman–Crippen LogP) is 6.31. The Morgan fingerprint density at radius 3 is 2.04 bits per heavy atom. The van der Waals surface area contributed by atoms with E-state index in [2.05, 4.69) is 22.1 Å². The number of hydrogen-bond donors (Lipinski definition) is 0. The SMILES string of the molecule is Fc1ccc(CC(c2cccnc2)c2cccnc2)c(-c2ccc(Cl)cc2)c1. The quantitative estimate of drug-likeness (QED) is 0.400. The first kappa shape index (κ1) is 18.3. The molecule has 0 spiro atoms. The first-order chi connectivity index (χ1) is 13.7. The molecule has 4 heteroatoms. The Bertz CT molecular complexity index is 1010. The second kappa shape index (κ2) is 8.32. The number of aromatic nitrogens is 2. The number of nitrogens with zero attached hydrogens (tertiary/aromatic N) is 2. The molecule has 4 rings (SSSR count). The molecule has 0 aliphatic carbocycles. The summed E-state index contributed by atoms with van der Waals surface area (Å²) in [5.74, 6) is -0.188. The van der Waals surface area contributed by atoms with E-state index in [1.165, 1.54) is 6.07 Å². The molecule has 28 heavy (non-hydrogen) atoms. The molecule has 0 amide bonds. The summed E-state index contributed by atoms with van der Waals surface area (Å²) >= 11 is 6.03. The molecular weight excluding hydrogens is 371 g/mol. The van der Waals surface area contributed by atoms with Gasteiger partial charge in [0.2, 0.25) is 0 Å². The van der Waals surface area contributed by atoms with Crippen molar-refractivity contribution in [1.29, 1.82) is 0 Å². The maximum Gasteiger partial charge on any atom is 0.123 e. The van der Waals surface area contributed by atoms with Gasteiger partial charge in [0.25, 0.3) is 0 Å². The van der Waals surface area contributed by atoms with Crippen LogP contribution in [0.2, 0.25) is 5.02 Å². The zero-order chi connectivity index (χ0) is 19.3. The molecule has 0 aliphatic heterocycles. The minimum Gasteiger partial charge on any atom is -0.264 e. The smallest absolute Gasteiger partial charge is 0.123 e. The van der Waals surface area contributed by atoms with Crippen molar-refractivity contribution in [3.8, 4) is 11.1 Å². The van der Waals surface area contributed by atoms with Crippen LogP contribution in [0, 0.1) is 5.82 Å². The average molecular weight is 389 g/mol. The van der Waals surface area contributed by atoms with Crippen LogP contribution in [0.15, 0.2) is 91.5 Å². The van der Waals surface area contributed by atoms with Crippen molar-refractivity contribution in [3.05, 3.63) is 119 Å². The third kappa shape index (κ3) is 4.10. The first-order valence-corrected chi connectivity index (χ1v) is 9.43. The van der Waals surface area contributed by atoms with Gasteiger partial charge in [0.05, 0.1) is 0 Å². The van der Waals surface area contributed by atoms with E-state index in [1.54, 1.807) is 18.5 Å². The van der Waals surface area contributed by atoms with Crippen molar-refractivity contribution >= 4 is 11.6 Å². The van der Waals surface area contributed by atoms with Crippen LogP contribution in [0.25, 0.3) is 11.1 Å². The van der Waals surface area contributed by atoms with Gasteiger partial charge in [-0.15, -0.1) is 0 Å². The zero-order valence-corrected chi connectivity index (χ0v) is 15.9. The second-order valence-corrected chi connectivity index (χ2v) is 7.07. The van der Waals surface area contributed by atoms with Gasteiger partial charge in [0, 0.05) is 35.7 Å². The molecule has 4 aromatic rings. The van der Waals surface area contributed by atoms with E-state index in [0.717, 1.165) is 27.8 Å². The molecule has 2 heterocycles. The minimum atomic E-state index is -0.256. The summed E-state index contributed by atoms with van der Waals surface area (Å²) in [5.41, 5.74) is 5.06. The summed E-state index contributed by atoms with van der Waals surface area (Å²) in [6.07, 6.45) is 7.99. The molecule has 0 fully saturated rings. The highest BCUT2D eigenvalue weighted by molar-refractivity contribution is 6.30. The second-order valence-electron chi connectivity index (χ2n) is 6.64. The Labute approximate surface area is 168 Å². The maximum atomic E-state index is 14.0. The lowest BCUT2D eigenvalue weighted by molar-refractivity contribution is 0.627. The third-order valence-electron chi connectivity index (χ3n) is 4.82. The van der Waals surface area contributed by atoms with Crippen molar-refractivity contribution in [2.24, 2.45) is 0 Å². The highest BCUT2D eigenvalue weighted by Gasteiger charge is 2.18. The van der Waals surface area contributed by atoms with Crippen LogP contribution >= 0.6 is 11.6 Å². The fourth-order valence-corrected chi connectivity index (χ4v) is 3.56. The van der Waals surface area contributed by atoms with E-state index in [1.807, 2.05) is 54.9 Å². The van der Waals surface area contributed by atoms with Crippen molar-refractivity contribution in [1.82, 2.24) is 9.97 Å². The Morgan fingerprint density at radius 1 is 0.821 bits per heavy atom. The van der Waals surface area contributed by atoms with Crippen LogP contribution in [-0.2, 0) is 6.42 Å². The summed E-state index contributed by atoms with van der Waals surface area (Å²) < 4.78 is 14.0. The van der Waals surface area contributed by atoms with Gasteiger partial charge < -0.3 is 0 Å². The topological polar surface area (TPSA) is 25.8 Å². The van der Waals surface area contributed by atoms with E-state index in [4.69, 9.17) is 11.6 Å². The van der Waals surface area contributed by atoms with Gasteiger partial charge in [-0.2, -0.15) is 0 Å². The lowest BCUT2D eigenvalue weighted by atomic mass is 9.85. The van der Waals surface area contributed by atoms with E-state index in [-0.39, 0.29) is 11.7 Å². The van der Waals surface area contributed by atoms with Crippen LogP contribution in [0.3, 0.4) is 0 Å². The summed E-state index contributed by atoms with van der Waals surface area (Å²) in [5, 5.41) is 0.658. The molecule has 2 aromatic carbocycles. The highest BCUT2D eigenvalue weighted by atomic mass is 35.5. The lowest BCUT2D eigenvalue weighted by Gasteiger charge is -2.20. The van der Waals surface area contributed by atoms with Gasteiger partial charge in [0.1, 0.15) is 5.82 Å². The molecule has 0 atom stereocenters. The van der Waals surface area contributed by atoms with E-state index < -0.39 is 0 Å². The molecular formula is C24H18ClFN2. The van der Waals surface area contributed by atoms with Crippen molar-refractivity contribution in [2.45, 2.75) is 12.3 Å². The molecule has 0 saturated carbocycles. The number of halogens is 2. The predicted molar refractivity (Wildman–Crippen MR) is 111 cm³/mol. The first-order valence-electron chi connectivity index (χ1n) is 9.05. The van der Waals surface area contributed by atoms with Crippen molar-refractivity contribution in [2.75, 3.05) is 0 Å². The standard InChI is InChI=1S/C24H18ClFN2/c25-21-8-5-17(6-9-21)24-14-22(26)10-7-18(24)13-23(19-3-1-11-27-15-19)20-4-2-12-28-16-20/h1-12,14-16,23H,13H2. The van der Waals surface area contributed by atoms with E-state index in [0.29, 0.717) is 11.4 Å². The van der Waals surface area contributed by atoms with Crippen LogP contribution in [0.5, 0.6) is 0 Å². The van der Waals surface area contributed by atoms with Crippen LogP contribution in [0.4, 0.5) is 4.39 Å². The van der Waals surface area contributed by atoms with Gasteiger partial charge >= 0.3 is 0 Å². The van der Waals surface area contributed by atoms with Crippen LogP contribution in [-0.4, -0.2) is 9.97 Å². The number of hydrogen-bond acceptors (Lipinski definition) is 2. The highest BCUT2D eigenvalue weighted by Crippen LogP contribution is 2.33. The summed E-state index contributed by atoms with van der Waals surface area (Å²) in [4.78, 5) is 8.56. The fourth-order valence-electron chi connectivity index (χ4n) is 3.44. The number of pyridine rings is 2. The van der Waals surface area contributed by atoms with Crippen LogP contribution in [0.1, 0.15) is 22.6 Å². The molecule has 2 nitrogen and oxygen atoms in total. The Kier molecular flexibility index (Phi) is 5.45. The minimum absolute atomic E-state index is 0.0684. The van der Waals surface area contributed by atoms with E-state index >= 15 is 0 Å². The normalized spacial score (nSPS) is 11.0. The molecule has 0 saturated heterocycles. The molecule has 0 N–H and O–H groups in total. The number of rotatable bonds is 5. The van der Waals surface area contributed by atoms with Gasteiger partial charge in [0.15, 0.2) is 0 Å². The van der Waals surface area contributed by atoms with Gasteiger partial charge in [-0.05, 0) is 70.6 Å². The molecule has 0 unspecified atom stereocenters. The average Bonchev–Trinajstić information content (AvgIpc) is 2.75. The Balaban J connectivity index is 1.78. The van der Waals surface area contributed by atoms with Crippen molar-refractivity contribution in [3.63, 3.8) is 0 Å². The largest absolute Gasteiger partial charge is 0.264 e. The monoisotopic (exact) mass is 388 g/mol.